The highest BCUT2D eigenvalue weighted by Gasteiger charge is 2.53. The highest BCUT2D eigenvalue weighted by molar-refractivity contribution is 4.96. The molecule has 0 aromatic heterocycles. The molecule has 0 aliphatic carbocycles. The predicted molar refractivity (Wildman–Crippen MR) is 101 cm³/mol. The molecule has 3 aliphatic heterocycles. The van der Waals surface area contributed by atoms with Crippen molar-refractivity contribution in [2.24, 2.45) is 0 Å². The molecular weight excluding hydrogens is 472 g/mol. The van der Waals surface area contributed by atoms with Crippen LogP contribution in [0.15, 0.2) is 0 Å². The minimum Gasteiger partial charge on any atom is -0.394 e. The lowest BCUT2D eigenvalue weighted by Crippen LogP contribution is -2.66. The molecule has 15 atom stereocenters. The average Bonchev–Trinajstić information content (AvgIpc) is 2.82. The molecule has 0 saturated carbocycles. The fourth-order valence-corrected chi connectivity index (χ4v) is 4.04. The molecule has 0 aromatic rings. The van der Waals surface area contributed by atoms with Crippen LogP contribution < -0.4 is 0 Å². The summed E-state index contributed by atoms with van der Waals surface area (Å²) in [5, 5.41) is 109. The molecule has 16 heteroatoms. The third-order valence-electron chi connectivity index (χ3n) is 6.09. The standard InChI is InChI=1S/C18H32O16/c19-1-4-7(22)9(24)11(26)17(31-4)33-14-6(3-21)30-16(29)15(13(14)28)34-18-12(27)10(25)8(23)5(2-20)32-18/h4-29H,1-3H2/t4-,5-,6-,7-,8-,9+,10+,11-,12-,13+,14-,15-,16+,17+,18-/m1/s1. The quantitative estimate of drug-likeness (QED) is 0.154. The summed E-state index contributed by atoms with van der Waals surface area (Å²) in [4.78, 5) is 0. The van der Waals surface area contributed by atoms with Crippen LogP contribution in [0.3, 0.4) is 0 Å². The van der Waals surface area contributed by atoms with Crippen molar-refractivity contribution in [2.75, 3.05) is 19.8 Å². The molecule has 0 aromatic carbocycles. The van der Waals surface area contributed by atoms with Gasteiger partial charge in [-0.25, -0.2) is 0 Å². The maximum atomic E-state index is 10.8. The van der Waals surface area contributed by atoms with Gasteiger partial charge in [-0.1, -0.05) is 0 Å². The topological polar surface area (TPSA) is 269 Å². The number of hydrogen-bond donors (Lipinski definition) is 11. The van der Waals surface area contributed by atoms with E-state index in [0.29, 0.717) is 0 Å². The molecule has 3 aliphatic rings. The Morgan fingerprint density at radius 3 is 1.26 bits per heavy atom. The Balaban J connectivity index is 1.76. The summed E-state index contributed by atoms with van der Waals surface area (Å²) in [6.45, 7) is -2.31. The van der Waals surface area contributed by atoms with Crippen LogP contribution in [0.25, 0.3) is 0 Å². The Morgan fingerprint density at radius 2 is 0.853 bits per heavy atom. The van der Waals surface area contributed by atoms with Crippen molar-refractivity contribution in [1.29, 1.82) is 0 Å². The molecule has 0 spiro atoms. The lowest BCUT2D eigenvalue weighted by molar-refractivity contribution is -0.382. The van der Waals surface area contributed by atoms with E-state index in [0.717, 1.165) is 0 Å². The summed E-state index contributed by atoms with van der Waals surface area (Å²) in [5.74, 6) is 0. The SMILES string of the molecule is OC[C@H]1O[C@@H](O[C@H]2[C@H](O)[C@@H](O[C@H]3O[C@H](CO)[C@@H](O)[C@H](O)[C@H]3O)[C@@H](O)O[C@@H]2CO)[C@H](O)[C@@H](O)[C@@H]1O. The molecule has 0 radical (unpaired) electrons. The first-order valence-corrected chi connectivity index (χ1v) is 10.6. The highest BCUT2D eigenvalue weighted by atomic mass is 16.8. The second kappa shape index (κ2) is 11.6. The Kier molecular flexibility index (Phi) is 9.54. The van der Waals surface area contributed by atoms with Gasteiger partial charge >= 0.3 is 0 Å². The van der Waals surface area contributed by atoms with Gasteiger partial charge in [0.15, 0.2) is 18.9 Å². The largest absolute Gasteiger partial charge is 0.394 e. The molecule has 3 saturated heterocycles. The molecule has 3 fully saturated rings. The lowest BCUT2D eigenvalue weighted by atomic mass is 9.96. The minimum atomic E-state index is -1.92. The van der Waals surface area contributed by atoms with Gasteiger partial charge in [0.25, 0.3) is 0 Å². The van der Waals surface area contributed by atoms with Crippen LogP contribution in [0.4, 0.5) is 0 Å². The van der Waals surface area contributed by atoms with E-state index >= 15 is 0 Å². The van der Waals surface area contributed by atoms with E-state index in [2.05, 4.69) is 0 Å². The van der Waals surface area contributed by atoms with Gasteiger partial charge in [0.05, 0.1) is 19.8 Å². The zero-order chi connectivity index (χ0) is 25.3. The van der Waals surface area contributed by atoms with Crippen molar-refractivity contribution in [3.63, 3.8) is 0 Å². The summed E-state index contributed by atoms with van der Waals surface area (Å²) >= 11 is 0. The van der Waals surface area contributed by atoms with Crippen molar-refractivity contribution >= 4 is 0 Å². The molecule has 34 heavy (non-hydrogen) atoms. The van der Waals surface area contributed by atoms with Gasteiger partial charge in [0, 0.05) is 0 Å². The van der Waals surface area contributed by atoms with Crippen LogP contribution in [-0.2, 0) is 23.7 Å². The summed E-state index contributed by atoms with van der Waals surface area (Å²) in [5.41, 5.74) is 0. The summed E-state index contributed by atoms with van der Waals surface area (Å²) in [6.07, 6.45) is -25.4. The summed E-state index contributed by atoms with van der Waals surface area (Å²) in [6, 6.07) is 0. The van der Waals surface area contributed by atoms with E-state index < -0.39 is 112 Å². The molecule has 0 unspecified atom stereocenters. The van der Waals surface area contributed by atoms with Gasteiger partial charge in [-0.05, 0) is 0 Å². The van der Waals surface area contributed by atoms with Crippen LogP contribution in [0, 0.1) is 0 Å². The first-order valence-electron chi connectivity index (χ1n) is 10.6. The number of rotatable bonds is 7. The lowest BCUT2D eigenvalue weighted by Gasteiger charge is -2.47. The van der Waals surface area contributed by atoms with E-state index in [4.69, 9.17) is 23.7 Å². The molecule has 3 heterocycles. The number of hydrogen-bond acceptors (Lipinski definition) is 16. The van der Waals surface area contributed by atoms with Crippen LogP contribution >= 0.6 is 0 Å². The van der Waals surface area contributed by atoms with Gasteiger partial charge in [-0.15, -0.1) is 0 Å². The second-order valence-electron chi connectivity index (χ2n) is 8.33. The van der Waals surface area contributed by atoms with Crippen LogP contribution in [-0.4, -0.2) is 168 Å². The summed E-state index contributed by atoms with van der Waals surface area (Å²) in [7, 11) is 0. The van der Waals surface area contributed by atoms with E-state index in [1.54, 1.807) is 0 Å². The molecule has 3 rings (SSSR count). The zero-order valence-corrected chi connectivity index (χ0v) is 17.7. The second-order valence-corrected chi connectivity index (χ2v) is 8.33. The number of aliphatic hydroxyl groups is 11. The van der Waals surface area contributed by atoms with Gasteiger partial charge in [0.1, 0.15) is 73.2 Å². The van der Waals surface area contributed by atoms with E-state index in [1.165, 1.54) is 0 Å². The third-order valence-corrected chi connectivity index (χ3v) is 6.09. The van der Waals surface area contributed by atoms with Crippen molar-refractivity contribution < 1.29 is 79.9 Å². The third kappa shape index (κ3) is 5.37. The Labute approximate surface area is 192 Å². The Morgan fingerprint density at radius 1 is 0.441 bits per heavy atom. The van der Waals surface area contributed by atoms with Crippen LogP contribution in [0.1, 0.15) is 0 Å². The Bertz CT molecular complexity index is 637. The minimum absolute atomic E-state index is 0.750. The molecule has 200 valence electrons. The maximum Gasteiger partial charge on any atom is 0.187 e. The fourth-order valence-electron chi connectivity index (χ4n) is 4.04. The molecule has 0 amide bonds. The van der Waals surface area contributed by atoms with Crippen molar-refractivity contribution in [3.05, 3.63) is 0 Å². The van der Waals surface area contributed by atoms with E-state index in [1.807, 2.05) is 0 Å². The number of aliphatic hydroxyl groups excluding tert-OH is 11. The van der Waals surface area contributed by atoms with Crippen molar-refractivity contribution in [3.8, 4) is 0 Å². The predicted octanol–water partition coefficient (Wildman–Crippen LogP) is -7.57. The highest BCUT2D eigenvalue weighted by Crippen LogP contribution is 2.32. The molecule has 11 N–H and O–H groups in total. The summed E-state index contributed by atoms with van der Waals surface area (Å²) < 4.78 is 26.4. The van der Waals surface area contributed by atoms with E-state index in [9.17, 15) is 56.2 Å². The van der Waals surface area contributed by atoms with Gasteiger partial charge < -0.3 is 79.9 Å². The first-order chi connectivity index (χ1) is 16.0. The van der Waals surface area contributed by atoms with Crippen LogP contribution in [0.5, 0.6) is 0 Å². The molecule has 16 nitrogen and oxygen atoms in total. The molecular formula is C18H32O16. The smallest absolute Gasteiger partial charge is 0.187 e. The van der Waals surface area contributed by atoms with Gasteiger partial charge in [-0.2, -0.15) is 0 Å². The van der Waals surface area contributed by atoms with Crippen LogP contribution in [0.2, 0.25) is 0 Å². The first kappa shape index (κ1) is 27.9. The van der Waals surface area contributed by atoms with Gasteiger partial charge in [-0.3, -0.25) is 0 Å². The van der Waals surface area contributed by atoms with E-state index in [-0.39, 0.29) is 0 Å². The normalized spacial score (nSPS) is 52.5. The maximum absolute atomic E-state index is 10.8. The number of ether oxygens (including phenoxy) is 5. The Hall–Kier alpha value is -0.640. The van der Waals surface area contributed by atoms with Crippen molar-refractivity contribution in [2.45, 2.75) is 92.1 Å². The zero-order valence-electron chi connectivity index (χ0n) is 17.7. The van der Waals surface area contributed by atoms with Gasteiger partial charge in [0.2, 0.25) is 0 Å². The monoisotopic (exact) mass is 504 g/mol. The van der Waals surface area contributed by atoms with Crippen molar-refractivity contribution in [1.82, 2.24) is 0 Å². The fraction of sp³-hybridized carbons (Fsp3) is 1.00. The molecule has 0 bridgehead atoms. The average molecular weight is 504 g/mol.